The molecule has 6 N–H and O–H groups in total. The maximum absolute atomic E-state index is 15.7. The number of hydrogen-bond donors (Lipinski definition) is 5. The van der Waals surface area contributed by atoms with E-state index in [1.807, 2.05) is 16.4 Å². The number of carbonyl (C=O) groups excluding carboxylic acids is 6. The van der Waals surface area contributed by atoms with Gasteiger partial charge in [-0.2, -0.15) is 0 Å². The molecular weight excluding hydrogens is 980 g/mol. The molecule has 6 amide bonds. The summed E-state index contributed by atoms with van der Waals surface area (Å²) in [5, 5.41) is 11.0. The van der Waals surface area contributed by atoms with Crippen LogP contribution in [0.2, 0.25) is 0 Å². The largest absolute Gasteiger partial charge is 0.383 e. The van der Waals surface area contributed by atoms with Gasteiger partial charge in [0.15, 0.2) is 0 Å². The summed E-state index contributed by atoms with van der Waals surface area (Å²) in [7, 11) is -1.61. The molecule has 2 atom stereocenters. The molecule has 2 fully saturated rings. The number of nitrogens with zero attached hydrogens (tertiary/aromatic N) is 3. The molecule has 4 heterocycles. The number of amides is 6. The van der Waals surface area contributed by atoms with Gasteiger partial charge in [-0.25, -0.2) is 17.9 Å². The van der Waals surface area contributed by atoms with Crippen LogP contribution in [0.1, 0.15) is 75.2 Å². The third-order valence-corrected chi connectivity index (χ3v) is 14.3. The SMILES string of the molecule is Nc1ncc(-c2ccc(S(=O)N(CCCNC(=O)CCOCCOCCOCCOCCOCCNc3cccc4c3C(=O)N(C3CCC(=O)NC3=O)C4=O)C3CC3)cc2F)cc1-c1ccc2c(c1)CCNC2=O. The molecule has 8 rings (SSSR count). The minimum absolute atomic E-state index is 0.0486. The molecule has 74 heavy (non-hydrogen) atoms. The second-order valence-electron chi connectivity index (χ2n) is 17.9. The summed E-state index contributed by atoms with van der Waals surface area (Å²) in [4.78, 5) is 80.5. The topological polar surface area (TPSA) is 259 Å². The quantitative estimate of drug-likeness (QED) is 0.0386. The van der Waals surface area contributed by atoms with Crippen LogP contribution >= 0.6 is 0 Å². The molecule has 1 aliphatic carbocycles. The third kappa shape index (κ3) is 13.8. The number of nitrogens with one attached hydrogen (secondary N) is 4. The first-order valence-electron chi connectivity index (χ1n) is 24.9. The van der Waals surface area contributed by atoms with Crippen LogP contribution in [0.4, 0.5) is 15.9 Å². The standard InChI is InChI=1S/C52H61FN8O12S/c53-42-31-37(8-10-38(42)35-30-41(48(54)58-32-35)33-5-9-39-34(29-33)13-16-57-49(39)64)74(68)60(36-6-7-36)18-2-15-56-45(62)14-19-69-21-23-71-25-27-73-28-26-72-24-22-70-20-17-55-43-4-1-3-40-47(43)52(67)61(51(40)66)44-11-12-46(63)59-50(44)65/h1,3-5,8-10,29-32,36,44,55H,2,6-7,11-28H2,(H2,54,58)(H,56,62)(H,57,64)(H,59,63,65). The van der Waals surface area contributed by atoms with E-state index >= 15 is 4.39 Å². The number of fused-ring (bicyclic) bond motifs is 2. The number of benzene rings is 3. The number of nitrogen functional groups attached to an aromatic ring is 1. The van der Waals surface area contributed by atoms with Crippen LogP contribution in [0.25, 0.3) is 22.3 Å². The van der Waals surface area contributed by atoms with Gasteiger partial charge in [0.2, 0.25) is 17.7 Å². The van der Waals surface area contributed by atoms with Gasteiger partial charge in [0.05, 0.1) is 82.1 Å². The number of ether oxygens (including phenoxy) is 5. The van der Waals surface area contributed by atoms with Crippen LogP contribution in [0.15, 0.2) is 71.8 Å². The van der Waals surface area contributed by atoms with E-state index in [0.29, 0.717) is 131 Å². The molecular formula is C52H61FN8O12S. The first-order chi connectivity index (χ1) is 36.0. The highest BCUT2D eigenvalue weighted by Gasteiger charge is 2.45. The van der Waals surface area contributed by atoms with Crippen molar-refractivity contribution in [2.45, 2.75) is 61.9 Å². The Hall–Kier alpha value is -6.53. The van der Waals surface area contributed by atoms with Gasteiger partial charge in [-0.05, 0) is 79.6 Å². The average Bonchev–Trinajstić information content (AvgIpc) is 4.21. The van der Waals surface area contributed by atoms with Gasteiger partial charge in [0, 0.05) is 79.2 Å². The van der Waals surface area contributed by atoms with Crippen LogP contribution in [-0.4, -0.2) is 158 Å². The number of imide groups is 2. The van der Waals surface area contributed by atoms with Crippen LogP contribution in [-0.2, 0) is 55.5 Å². The van der Waals surface area contributed by atoms with Gasteiger partial charge < -0.3 is 45.4 Å². The Morgan fingerprint density at radius 2 is 1.47 bits per heavy atom. The maximum atomic E-state index is 15.7. The number of anilines is 2. The summed E-state index contributed by atoms with van der Waals surface area (Å²) in [5.41, 5.74) is 10.9. The van der Waals surface area contributed by atoms with Gasteiger partial charge in [0.25, 0.3) is 17.7 Å². The fourth-order valence-electron chi connectivity index (χ4n) is 8.80. The zero-order valence-corrected chi connectivity index (χ0v) is 41.8. The van der Waals surface area contributed by atoms with Crippen molar-refractivity contribution in [1.82, 2.24) is 30.1 Å². The lowest BCUT2D eigenvalue weighted by Crippen LogP contribution is -2.54. The van der Waals surface area contributed by atoms with Gasteiger partial charge in [-0.15, -0.1) is 0 Å². The number of rotatable bonds is 29. The van der Waals surface area contributed by atoms with Crippen molar-refractivity contribution in [1.29, 1.82) is 0 Å². The zero-order chi connectivity index (χ0) is 52.0. The number of nitrogens with two attached hydrogens (primary N) is 1. The number of halogens is 1. The van der Waals surface area contributed by atoms with Crippen molar-refractivity contribution < 1.29 is 61.1 Å². The molecule has 20 nitrogen and oxygen atoms in total. The van der Waals surface area contributed by atoms with Crippen LogP contribution in [0.3, 0.4) is 0 Å². The Balaban J connectivity index is 0.623. The van der Waals surface area contributed by atoms with E-state index in [-0.39, 0.29) is 60.7 Å². The van der Waals surface area contributed by atoms with Gasteiger partial charge in [0.1, 0.15) is 28.7 Å². The molecule has 0 spiro atoms. The van der Waals surface area contributed by atoms with Crippen LogP contribution in [0, 0.1) is 5.82 Å². The first-order valence-corrected chi connectivity index (χ1v) is 26.0. The highest BCUT2D eigenvalue weighted by Crippen LogP contribution is 2.36. The van der Waals surface area contributed by atoms with Gasteiger partial charge in [-0.1, -0.05) is 24.3 Å². The average molecular weight is 1040 g/mol. The molecule has 394 valence electrons. The normalized spacial score (nSPS) is 16.8. The fourth-order valence-corrected chi connectivity index (χ4v) is 10.2. The molecule has 0 radical (unpaired) electrons. The van der Waals surface area contributed by atoms with Crippen LogP contribution in [0.5, 0.6) is 0 Å². The summed E-state index contributed by atoms with van der Waals surface area (Å²) in [6.45, 7) is 5.12. The summed E-state index contributed by atoms with van der Waals surface area (Å²) in [6.07, 6.45) is 4.87. The summed E-state index contributed by atoms with van der Waals surface area (Å²) < 4.78 is 59.1. The Bertz CT molecular complexity index is 2740. The first kappa shape index (κ1) is 53.8. The van der Waals surface area contributed by atoms with E-state index in [1.54, 1.807) is 36.4 Å². The Kier molecular flexibility index (Phi) is 19.0. The second kappa shape index (κ2) is 26.1. The molecule has 3 aliphatic heterocycles. The van der Waals surface area contributed by atoms with E-state index in [0.717, 1.165) is 28.9 Å². The van der Waals surface area contributed by atoms with Crippen molar-refractivity contribution in [3.05, 3.63) is 94.9 Å². The lowest BCUT2D eigenvalue weighted by Gasteiger charge is -2.27. The molecule has 0 bridgehead atoms. The molecule has 2 unspecified atom stereocenters. The van der Waals surface area contributed by atoms with Crippen molar-refractivity contribution in [2.24, 2.45) is 0 Å². The van der Waals surface area contributed by atoms with Crippen molar-refractivity contribution in [3.8, 4) is 22.3 Å². The minimum Gasteiger partial charge on any atom is -0.383 e. The summed E-state index contributed by atoms with van der Waals surface area (Å²) in [6, 6.07) is 15.8. The molecule has 4 aliphatic rings. The van der Waals surface area contributed by atoms with Gasteiger partial charge >= 0.3 is 0 Å². The number of carbonyl (C=O) groups is 6. The predicted octanol–water partition coefficient (Wildman–Crippen LogP) is 3.40. The smallest absolute Gasteiger partial charge is 0.264 e. The van der Waals surface area contributed by atoms with Gasteiger partial charge in [-0.3, -0.25) is 39.0 Å². The molecule has 4 aromatic rings. The third-order valence-electron chi connectivity index (χ3n) is 12.7. The lowest BCUT2D eigenvalue weighted by molar-refractivity contribution is -0.136. The molecule has 1 aromatic heterocycles. The van der Waals surface area contributed by atoms with E-state index in [2.05, 4.69) is 26.3 Å². The predicted molar refractivity (Wildman–Crippen MR) is 270 cm³/mol. The van der Waals surface area contributed by atoms with E-state index in [9.17, 15) is 33.0 Å². The number of hydrogen-bond acceptors (Lipinski definition) is 15. The van der Waals surface area contributed by atoms with E-state index < -0.39 is 46.5 Å². The maximum Gasteiger partial charge on any atom is 0.264 e. The Labute approximate surface area is 430 Å². The highest BCUT2D eigenvalue weighted by molar-refractivity contribution is 7.82. The monoisotopic (exact) mass is 1040 g/mol. The zero-order valence-electron chi connectivity index (χ0n) is 41.0. The summed E-state index contributed by atoms with van der Waals surface area (Å²) in [5.74, 6) is -2.76. The van der Waals surface area contributed by atoms with Crippen LogP contribution < -0.4 is 27.0 Å². The summed E-state index contributed by atoms with van der Waals surface area (Å²) >= 11 is 0. The number of aromatic nitrogens is 1. The van der Waals surface area contributed by atoms with Crippen molar-refractivity contribution >= 4 is 57.9 Å². The Morgan fingerprint density at radius 3 is 2.18 bits per heavy atom. The van der Waals surface area contributed by atoms with Crippen molar-refractivity contribution in [3.63, 3.8) is 0 Å². The minimum atomic E-state index is -1.61. The highest BCUT2D eigenvalue weighted by atomic mass is 32.2. The molecule has 1 saturated carbocycles. The molecule has 22 heteroatoms. The fraction of sp³-hybridized carbons (Fsp3) is 0.442. The van der Waals surface area contributed by atoms with E-state index in [4.69, 9.17) is 29.4 Å². The number of piperidine rings is 1. The molecule has 3 aromatic carbocycles. The number of pyridine rings is 1. The lowest BCUT2D eigenvalue weighted by atomic mass is 9.94. The van der Waals surface area contributed by atoms with E-state index in [1.165, 1.54) is 18.3 Å². The Morgan fingerprint density at radius 1 is 0.770 bits per heavy atom. The second-order valence-corrected chi connectivity index (χ2v) is 19.4. The molecule has 1 saturated heterocycles. The van der Waals surface area contributed by atoms with Crippen molar-refractivity contribution in [2.75, 3.05) is 103 Å².